The molecule has 0 bridgehead atoms. The summed E-state index contributed by atoms with van der Waals surface area (Å²) in [6.45, 7) is 2.23. The molecule has 2 atom stereocenters. The number of aromatic amines is 1. The molecule has 0 unspecified atom stereocenters. The van der Waals surface area contributed by atoms with Crippen molar-refractivity contribution in [1.82, 2.24) is 25.3 Å². The molecule has 0 saturated heterocycles. The Labute approximate surface area is 231 Å². The number of nitrogens with zero attached hydrogens (tertiary/aromatic N) is 3. The van der Waals surface area contributed by atoms with E-state index in [2.05, 4.69) is 30.6 Å². The number of nitrogens with two attached hydrogens (primary N) is 1. The summed E-state index contributed by atoms with van der Waals surface area (Å²) in [5.74, 6) is -0.0243. The van der Waals surface area contributed by atoms with Crippen LogP contribution in [0, 0.1) is 0 Å². The van der Waals surface area contributed by atoms with Gasteiger partial charge >= 0.3 is 0 Å². The van der Waals surface area contributed by atoms with Crippen molar-refractivity contribution in [3.63, 3.8) is 0 Å². The lowest BCUT2D eigenvalue weighted by Gasteiger charge is -2.24. The largest absolute Gasteiger partial charge is 0.395 e. The molecule has 204 valence electrons. The number of hydrogen-bond acceptors (Lipinski definition) is 8. The Morgan fingerprint density at radius 3 is 2.55 bits per heavy atom. The van der Waals surface area contributed by atoms with E-state index in [1.165, 1.54) is 6.20 Å². The smallest absolute Gasteiger partial charge is 0.252 e. The summed E-state index contributed by atoms with van der Waals surface area (Å²) >= 11 is 0. The lowest BCUT2D eigenvalue weighted by atomic mass is 10.00. The number of anilines is 2. The van der Waals surface area contributed by atoms with Crippen LogP contribution < -0.4 is 16.4 Å². The summed E-state index contributed by atoms with van der Waals surface area (Å²) < 4.78 is 0. The van der Waals surface area contributed by atoms with Gasteiger partial charge in [0.05, 0.1) is 30.0 Å². The average molecular weight is 538 g/mol. The fourth-order valence-electron chi connectivity index (χ4n) is 4.79. The van der Waals surface area contributed by atoms with E-state index in [1.807, 2.05) is 67.6 Å². The second-order valence-electron chi connectivity index (χ2n) is 9.38. The molecular formula is C30H31N7O3. The molecule has 0 aliphatic rings. The number of aliphatic hydroxyl groups is 2. The van der Waals surface area contributed by atoms with Gasteiger partial charge in [0, 0.05) is 36.4 Å². The first-order valence-corrected chi connectivity index (χ1v) is 13.0. The number of aliphatic hydroxyl groups excluding tert-OH is 2. The molecule has 2 aromatic carbocycles. The molecule has 0 aliphatic heterocycles. The SMILES string of the molecule is CCc1c(CN[C@@H](CO)[C@@H](O)c2ccccc2)cccc1Nc1c(C(N)=O)cnc2nc(-c3ccncc3)[nH]c12. The maximum absolute atomic E-state index is 12.4. The zero-order valence-corrected chi connectivity index (χ0v) is 22.0. The number of H-pyrrole nitrogens is 1. The number of aromatic nitrogens is 4. The number of pyridine rings is 2. The number of carbonyl (C=O) groups excluding carboxylic acids is 1. The third-order valence-corrected chi connectivity index (χ3v) is 6.90. The van der Waals surface area contributed by atoms with Gasteiger partial charge in [0.15, 0.2) is 5.65 Å². The van der Waals surface area contributed by atoms with E-state index in [4.69, 9.17) is 5.73 Å². The predicted molar refractivity (Wildman–Crippen MR) is 154 cm³/mol. The highest BCUT2D eigenvalue weighted by atomic mass is 16.3. The standard InChI is InChI=1S/C30H31N7O3/c1-2-21-20(15-33-24(17-38)27(39)18-7-4-3-5-8-18)9-6-10-23(21)35-25-22(28(31)40)16-34-30-26(25)36-29(37-30)19-11-13-32-14-12-19/h3-14,16,24,27,33,38-39H,2,15,17H2,1H3,(H2,31,40)(H2,34,35,36,37)/t24-,27-/m0/s1. The molecule has 3 aromatic heterocycles. The molecule has 0 saturated carbocycles. The van der Waals surface area contributed by atoms with E-state index in [1.54, 1.807) is 12.4 Å². The number of benzene rings is 2. The van der Waals surface area contributed by atoms with Crippen LogP contribution in [0.25, 0.3) is 22.6 Å². The third kappa shape index (κ3) is 5.55. The number of imidazole rings is 1. The Morgan fingerprint density at radius 1 is 1.07 bits per heavy atom. The first-order chi connectivity index (χ1) is 19.5. The van der Waals surface area contributed by atoms with Gasteiger partial charge in [-0.15, -0.1) is 0 Å². The summed E-state index contributed by atoms with van der Waals surface area (Å²) in [6.07, 6.45) is 4.61. The number of primary amides is 1. The van der Waals surface area contributed by atoms with Crippen LogP contribution in [0.3, 0.4) is 0 Å². The van der Waals surface area contributed by atoms with Crippen molar-refractivity contribution in [2.75, 3.05) is 11.9 Å². The Kier molecular flexibility index (Phi) is 8.11. The zero-order chi connectivity index (χ0) is 28.1. The minimum absolute atomic E-state index is 0.230. The molecule has 1 amide bonds. The Morgan fingerprint density at radius 2 is 1.85 bits per heavy atom. The van der Waals surface area contributed by atoms with E-state index >= 15 is 0 Å². The molecule has 0 radical (unpaired) electrons. The monoisotopic (exact) mass is 537 g/mol. The van der Waals surface area contributed by atoms with E-state index in [9.17, 15) is 15.0 Å². The molecule has 7 N–H and O–H groups in total. The molecular weight excluding hydrogens is 506 g/mol. The van der Waals surface area contributed by atoms with Crippen molar-refractivity contribution in [1.29, 1.82) is 0 Å². The number of nitrogens with one attached hydrogen (secondary N) is 3. The second kappa shape index (κ2) is 12.0. The van der Waals surface area contributed by atoms with Gasteiger partial charge in [-0.25, -0.2) is 9.97 Å². The van der Waals surface area contributed by atoms with E-state index < -0.39 is 18.1 Å². The quantitative estimate of drug-likeness (QED) is 0.149. The maximum atomic E-state index is 12.4. The van der Waals surface area contributed by atoms with Crippen molar-refractivity contribution in [2.45, 2.75) is 32.0 Å². The van der Waals surface area contributed by atoms with Crippen molar-refractivity contribution in [2.24, 2.45) is 5.73 Å². The third-order valence-electron chi connectivity index (χ3n) is 6.90. The van der Waals surface area contributed by atoms with Crippen LogP contribution in [0.15, 0.2) is 79.3 Å². The minimum atomic E-state index is -0.865. The molecule has 0 aliphatic carbocycles. The summed E-state index contributed by atoms with van der Waals surface area (Å²) in [4.78, 5) is 28.7. The van der Waals surface area contributed by atoms with Gasteiger partial charge in [-0.3, -0.25) is 9.78 Å². The minimum Gasteiger partial charge on any atom is -0.395 e. The van der Waals surface area contributed by atoms with Crippen molar-refractivity contribution >= 4 is 28.4 Å². The highest BCUT2D eigenvalue weighted by Crippen LogP contribution is 2.32. The number of fused-ring (bicyclic) bond motifs is 1. The van der Waals surface area contributed by atoms with Crippen LogP contribution in [0.5, 0.6) is 0 Å². The maximum Gasteiger partial charge on any atom is 0.252 e. The molecule has 10 nitrogen and oxygen atoms in total. The van der Waals surface area contributed by atoms with Gasteiger partial charge < -0.3 is 31.6 Å². The summed E-state index contributed by atoms with van der Waals surface area (Å²) in [5, 5.41) is 27.5. The topological polar surface area (TPSA) is 162 Å². The van der Waals surface area contributed by atoms with Gasteiger partial charge in [-0.1, -0.05) is 49.4 Å². The van der Waals surface area contributed by atoms with Crippen molar-refractivity contribution in [3.8, 4) is 11.4 Å². The average Bonchev–Trinajstić information content (AvgIpc) is 3.43. The summed E-state index contributed by atoms with van der Waals surface area (Å²) in [6, 6.07) is 18.2. The normalized spacial score (nSPS) is 12.8. The van der Waals surface area contributed by atoms with Gasteiger partial charge in [-0.05, 0) is 41.3 Å². The lowest BCUT2D eigenvalue weighted by Crippen LogP contribution is -2.37. The fraction of sp³-hybridized carbons (Fsp3) is 0.200. The second-order valence-corrected chi connectivity index (χ2v) is 9.38. The molecule has 5 rings (SSSR count). The summed E-state index contributed by atoms with van der Waals surface area (Å²) in [7, 11) is 0. The number of hydrogen-bond donors (Lipinski definition) is 6. The van der Waals surface area contributed by atoms with Gasteiger partial charge in [0.1, 0.15) is 11.3 Å². The van der Waals surface area contributed by atoms with Crippen LogP contribution in [0.4, 0.5) is 11.4 Å². The van der Waals surface area contributed by atoms with Gasteiger partial charge in [0.25, 0.3) is 5.91 Å². The zero-order valence-electron chi connectivity index (χ0n) is 22.0. The van der Waals surface area contributed by atoms with E-state index in [0.717, 1.165) is 27.9 Å². The predicted octanol–water partition coefficient (Wildman–Crippen LogP) is 3.61. The lowest BCUT2D eigenvalue weighted by molar-refractivity contribution is 0.0891. The molecule has 0 fully saturated rings. The van der Waals surface area contributed by atoms with E-state index in [0.29, 0.717) is 35.6 Å². The highest BCUT2D eigenvalue weighted by molar-refractivity contribution is 6.06. The summed E-state index contributed by atoms with van der Waals surface area (Å²) in [5.41, 5.74) is 11.8. The number of amides is 1. The molecule has 5 aromatic rings. The van der Waals surface area contributed by atoms with Crippen molar-refractivity contribution < 1.29 is 15.0 Å². The van der Waals surface area contributed by atoms with E-state index in [-0.39, 0.29) is 12.2 Å². The highest BCUT2D eigenvalue weighted by Gasteiger charge is 2.22. The Hall–Kier alpha value is -4.64. The van der Waals surface area contributed by atoms with Crippen LogP contribution >= 0.6 is 0 Å². The van der Waals surface area contributed by atoms with Gasteiger partial charge in [-0.2, -0.15) is 0 Å². The van der Waals surface area contributed by atoms with Crippen molar-refractivity contribution in [3.05, 3.63) is 102 Å². The Bertz CT molecular complexity index is 1610. The Balaban J connectivity index is 1.46. The van der Waals surface area contributed by atoms with Gasteiger partial charge in [0.2, 0.25) is 0 Å². The van der Waals surface area contributed by atoms with Crippen LogP contribution in [-0.4, -0.2) is 48.7 Å². The van der Waals surface area contributed by atoms with Crippen LogP contribution in [0.2, 0.25) is 0 Å². The fourth-order valence-corrected chi connectivity index (χ4v) is 4.79. The number of carbonyl (C=O) groups is 1. The molecule has 0 spiro atoms. The van der Waals surface area contributed by atoms with Crippen LogP contribution in [0.1, 0.15) is 40.1 Å². The molecule has 3 heterocycles. The first-order valence-electron chi connectivity index (χ1n) is 13.0. The number of rotatable bonds is 11. The first kappa shape index (κ1) is 26.9. The molecule has 10 heteroatoms. The van der Waals surface area contributed by atoms with Crippen LogP contribution in [-0.2, 0) is 13.0 Å². The molecule has 40 heavy (non-hydrogen) atoms.